The number of rotatable bonds is 7. The number of carbonyl (C=O) groups excluding carboxylic acids is 1. The van der Waals surface area contributed by atoms with E-state index in [1.165, 1.54) is 0 Å². The topological polar surface area (TPSA) is 61.6 Å². The molecule has 100 valence electrons. The van der Waals surface area contributed by atoms with Crippen LogP contribution < -0.4 is 10.5 Å². The van der Waals surface area contributed by atoms with E-state index in [1.807, 2.05) is 19.1 Å². The highest BCUT2D eigenvalue weighted by Crippen LogP contribution is 2.23. The Morgan fingerprint density at radius 3 is 2.61 bits per heavy atom. The quantitative estimate of drug-likeness (QED) is 0.595. The van der Waals surface area contributed by atoms with Gasteiger partial charge in [0, 0.05) is 7.11 Å². The van der Waals surface area contributed by atoms with Gasteiger partial charge in [0.2, 0.25) is 0 Å². The number of hydrogen-bond donors (Lipinski definition) is 1. The minimum absolute atomic E-state index is 0.0991. The molecule has 0 spiro atoms. The van der Waals surface area contributed by atoms with E-state index in [4.69, 9.17) is 15.2 Å². The van der Waals surface area contributed by atoms with Crippen LogP contribution in [0.4, 0.5) is 0 Å². The number of benzene rings is 1. The van der Waals surface area contributed by atoms with Crippen molar-refractivity contribution in [2.75, 3.05) is 20.3 Å². The number of ether oxygens (including phenoxy) is 2. The van der Waals surface area contributed by atoms with Crippen LogP contribution in [-0.2, 0) is 4.74 Å². The van der Waals surface area contributed by atoms with Crippen LogP contribution in [0.3, 0.4) is 0 Å². The molecule has 0 radical (unpaired) electrons. The smallest absolute Gasteiger partial charge is 0.186 e. The van der Waals surface area contributed by atoms with Crippen LogP contribution in [0.1, 0.15) is 30.6 Å². The summed E-state index contributed by atoms with van der Waals surface area (Å²) in [4.78, 5) is 12.3. The maximum atomic E-state index is 12.3. The predicted octanol–water partition coefficient (Wildman–Crippen LogP) is 2.02. The Morgan fingerprint density at radius 2 is 2.00 bits per heavy atom. The number of nitrogens with two attached hydrogens (primary N) is 1. The summed E-state index contributed by atoms with van der Waals surface area (Å²) in [6.45, 7) is 4.53. The molecule has 0 aromatic heterocycles. The van der Waals surface area contributed by atoms with Crippen molar-refractivity contribution in [3.05, 3.63) is 29.8 Å². The first-order valence-corrected chi connectivity index (χ1v) is 6.07. The lowest BCUT2D eigenvalue weighted by molar-refractivity contribution is 0.0890. The molecule has 0 aliphatic carbocycles. The molecule has 0 saturated carbocycles. The van der Waals surface area contributed by atoms with E-state index in [0.29, 0.717) is 30.9 Å². The van der Waals surface area contributed by atoms with Gasteiger partial charge in [-0.3, -0.25) is 4.79 Å². The molecule has 4 heteroatoms. The fraction of sp³-hybridized carbons (Fsp3) is 0.500. The number of carbonyl (C=O) groups is 1. The number of Topliss-reactive ketones (excluding diaryl/α,β-unsaturated/α-hetero) is 1. The zero-order valence-corrected chi connectivity index (χ0v) is 11.2. The molecular formula is C14H21NO3. The minimum Gasteiger partial charge on any atom is -0.490 e. The van der Waals surface area contributed by atoms with Crippen molar-refractivity contribution in [2.24, 2.45) is 5.73 Å². The molecule has 0 amide bonds. The van der Waals surface area contributed by atoms with Crippen molar-refractivity contribution >= 4 is 5.78 Å². The summed E-state index contributed by atoms with van der Waals surface area (Å²) in [5.41, 5.74) is 5.65. The molecule has 0 bridgehead atoms. The van der Waals surface area contributed by atoms with Gasteiger partial charge >= 0.3 is 0 Å². The van der Waals surface area contributed by atoms with E-state index in [2.05, 4.69) is 0 Å². The third-order valence-corrected chi connectivity index (χ3v) is 2.93. The average Bonchev–Trinajstić information content (AvgIpc) is 2.39. The SMILES string of the molecule is CCC(C)(N)C(=O)c1ccccc1OCCOC. The van der Waals surface area contributed by atoms with Crippen LogP contribution in [0, 0.1) is 0 Å². The van der Waals surface area contributed by atoms with Gasteiger partial charge in [0.05, 0.1) is 17.7 Å². The van der Waals surface area contributed by atoms with E-state index in [1.54, 1.807) is 26.2 Å². The van der Waals surface area contributed by atoms with Crippen molar-refractivity contribution in [1.82, 2.24) is 0 Å². The molecule has 1 unspecified atom stereocenters. The highest BCUT2D eigenvalue weighted by molar-refractivity contribution is 6.04. The van der Waals surface area contributed by atoms with Crippen molar-refractivity contribution in [2.45, 2.75) is 25.8 Å². The standard InChI is InChI=1S/C14H21NO3/c1-4-14(2,15)13(16)11-7-5-6-8-12(11)18-10-9-17-3/h5-8H,4,9-10,15H2,1-3H3. The van der Waals surface area contributed by atoms with Crippen molar-refractivity contribution in [3.8, 4) is 5.75 Å². The Balaban J connectivity index is 2.91. The zero-order chi connectivity index (χ0) is 13.6. The number of para-hydroxylation sites is 1. The molecule has 1 aromatic carbocycles. The summed E-state index contributed by atoms with van der Waals surface area (Å²) >= 11 is 0. The van der Waals surface area contributed by atoms with Gasteiger partial charge in [-0.15, -0.1) is 0 Å². The van der Waals surface area contributed by atoms with Crippen LogP contribution in [0.5, 0.6) is 5.75 Å². The van der Waals surface area contributed by atoms with Gasteiger partial charge in [-0.25, -0.2) is 0 Å². The molecule has 0 heterocycles. The number of methoxy groups -OCH3 is 1. The summed E-state index contributed by atoms with van der Waals surface area (Å²) in [5, 5.41) is 0. The number of hydrogen-bond acceptors (Lipinski definition) is 4. The highest BCUT2D eigenvalue weighted by atomic mass is 16.5. The normalized spacial score (nSPS) is 14.0. The largest absolute Gasteiger partial charge is 0.490 e. The van der Waals surface area contributed by atoms with Gasteiger partial charge in [-0.05, 0) is 25.5 Å². The third kappa shape index (κ3) is 3.55. The Morgan fingerprint density at radius 1 is 1.33 bits per heavy atom. The van der Waals surface area contributed by atoms with E-state index in [9.17, 15) is 4.79 Å². The second-order valence-electron chi connectivity index (χ2n) is 4.44. The van der Waals surface area contributed by atoms with E-state index < -0.39 is 5.54 Å². The molecule has 0 fully saturated rings. The van der Waals surface area contributed by atoms with Gasteiger partial charge < -0.3 is 15.2 Å². The second kappa shape index (κ2) is 6.52. The lowest BCUT2D eigenvalue weighted by Crippen LogP contribution is -2.44. The Bertz CT molecular complexity index is 402. The van der Waals surface area contributed by atoms with Crippen molar-refractivity contribution in [1.29, 1.82) is 0 Å². The fourth-order valence-electron chi connectivity index (χ4n) is 1.48. The molecule has 0 aliphatic rings. The number of ketones is 1. The van der Waals surface area contributed by atoms with Gasteiger partial charge in [-0.1, -0.05) is 19.1 Å². The molecular weight excluding hydrogens is 230 g/mol. The molecule has 1 rings (SSSR count). The lowest BCUT2D eigenvalue weighted by Gasteiger charge is -2.22. The predicted molar refractivity (Wildman–Crippen MR) is 71.0 cm³/mol. The first-order chi connectivity index (χ1) is 8.53. The molecule has 0 aliphatic heterocycles. The van der Waals surface area contributed by atoms with Crippen LogP contribution in [-0.4, -0.2) is 31.6 Å². The summed E-state index contributed by atoms with van der Waals surface area (Å²) < 4.78 is 10.5. The van der Waals surface area contributed by atoms with Crippen LogP contribution >= 0.6 is 0 Å². The van der Waals surface area contributed by atoms with Crippen LogP contribution in [0.2, 0.25) is 0 Å². The van der Waals surface area contributed by atoms with E-state index in [0.717, 1.165) is 0 Å². The van der Waals surface area contributed by atoms with Gasteiger partial charge in [0.15, 0.2) is 5.78 Å². The second-order valence-corrected chi connectivity index (χ2v) is 4.44. The third-order valence-electron chi connectivity index (χ3n) is 2.93. The molecule has 1 atom stereocenters. The summed E-state index contributed by atoms with van der Waals surface area (Å²) in [6, 6.07) is 7.15. The minimum atomic E-state index is -0.860. The summed E-state index contributed by atoms with van der Waals surface area (Å²) in [6.07, 6.45) is 0.582. The molecule has 1 aromatic rings. The van der Waals surface area contributed by atoms with Gasteiger partial charge in [0.1, 0.15) is 12.4 Å². The lowest BCUT2D eigenvalue weighted by atomic mass is 9.89. The van der Waals surface area contributed by atoms with Gasteiger partial charge in [0.25, 0.3) is 0 Å². The van der Waals surface area contributed by atoms with E-state index in [-0.39, 0.29) is 5.78 Å². The summed E-state index contributed by atoms with van der Waals surface area (Å²) in [5.74, 6) is 0.461. The zero-order valence-electron chi connectivity index (χ0n) is 11.2. The molecule has 2 N–H and O–H groups in total. The van der Waals surface area contributed by atoms with E-state index >= 15 is 0 Å². The maximum Gasteiger partial charge on any atom is 0.186 e. The molecule has 4 nitrogen and oxygen atoms in total. The Labute approximate surface area is 108 Å². The van der Waals surface area contributed by atoms with Crippen molar-refractivity contribution in [3.63, 3.8) is 0 Å². The highest BCUT2D eigenvalue weighted by Gasteiger charge is 2.29. The Kier molecular flexibility index (Phi) is 5.31. The Hall–Kier alpha value is -1.39. The summed E-state index contributed by atoms with van der Waals surface area (Å²) in [7, 11) is 1.61. The first kappa shape index (κ1) is 14.7. The van der Waals surface area contributed by atoms with Crippen LogP contribution in [0.15, 0.2) is 24.3 Å². The van der Waals surface area contributed by atoms with Gasteiger partial charge in [-0.2, -0.15) is 0 Å². The first-order valence-electron chi connectivity index (χ1n) is 6.07. The maximum absolute atomic E-state index is 12.3. The molecule has 18 heavy (non-hydrogen) atoms. The van der Waals surface area contributed by atoms with Crippen molar-refractivity contribution < 1.29 is 14.3 Å². The monoisotopic (exact) mass is 251 g/mol. The molecule has 0 saturated heterocycles. The fourth-order valence-corrected chi connectivity index (χ4v) is 1.48. The van der Waals surface area contributed by atoms with Crippen LogP contribution in [0.25, 0.3) is 0 Å². The average molecular weight is 251 g/mol.